The molecular weight excluding hydrogens is 255 g/mol. The summed E-state index contributed by atoms with van der Waals surface area (Å²) in [5.74, 6) is -3.05. The first kappa shape index (κ1) is 14.0. The molecule has 1 rings (SSSR count). The normalized spacial score (nSPS) is 14.6. The van der Waals surface area contributed by atoms with Crippen molar-refractivity contribution in [2.75, 3.05) is 12.3 Å². The van der Waals surface area contributed by atoms with Gasteiger partial charge in [0.05, 0.1) is 16.6 Å². The van der Waals surface area contributed by atoms with Gasteiger partial charge in [0, 0.05) is 6.54 Å². The quantitative estimate of drug-likeness (QED) is 0.901. The van der Waals surface area contributed by atoms with Crippen LogP contribution in [0.5, 0.6) is 0 Å². The lowest BCUT2D eigenvalue weighted by atomic mass is 10.2. The van der Waals surface area contributed by atoms with Gasteiger partial charge in [-0.3, -0.25) is 0 Å². The van der Waals surface area contributed by atoms with Gasteiger partial charge in [-0.1, -0.05) is 18.2 Å². The van der Waals surface area contributed by atoms with Crippen LogP contribution in [0.15, 0.2) is 35.2 Å². The monoisotopic (exact) mass is 267 g/mol. The van der Waals surface area contributed by atoms with Crippen molar-refractivity contribution in [1.82, 2.24) is 0 Å². The van der Waals surface area contributed by atoms with Gasteiger partial charge in [0.15, 0.2) is 9.84 Å². The van der Waals surface area contributed by atoms with Gasteiger partial charge in [-0.25, -0.2) is 8.42 Å². The molecule has 0 aliphatic carbocycles. The summed E-state index contributed by atoms with van der Waals surface area (Å²) >= 11 is 0. The van der Waals surface area contributed by atoms with Crippen LogP contribution in [0.25, 0.3) is 0 Å². The van der Waals surface area contributed by atoms with Crippen LogP contribution in [0.3, 0.4) is 0 Å². The third kappa shape index (κ3) is 3.71. The second kappa shape index (κ2) is 5.05. The zero-order valence-electron chi connectivity index (χ0n) is 8.81. The van der Waals surface area contributed by atoms with Gasteiger partial charge in [-0.2, -0.15) is 13.2 Å². The summed E-state index contributed by atoms with van der Waals surface area (Å²) in [4.78, 5) is -0.122. The Bertz CT molecular complexity index is 456. The van der Waals surface area contributed by atoms with Crippen LogP contribution in [0, 0.1) is 5.92 Å². The Morgan fingerprint density at radius 2 is 1.71 bits per heavy atom. The van der Waals surface area contributed by atoms with E-state index < -0.39 is 34.2 Å². The Balaban J connectivity index is 2.95. The minimum absolute atomic E-state index is 0.122. The van der Waals surface area contributed by atoms with E-state index >= 15 is 0 Å². The largest absolute Gasteiger partial charge is 0.394 e. The maximum absolute atomic E-state index is 12.4. The SMILES string of the molecule is NCC(CS(=O)(=O)c1ccccc1)C(F)(F)F. The van der Waals surface area contributed by atoms with E-state index in [0.29, 0.717) is 0 Å². The fourth-order valence-corrected chi connectivity index (χ4v) is 2.90. The first-order valence-electron chi connectivity index (χ1n) is 4.82. The molecule has 1 unspecified atom stereocenters. The van der Waals surface area contributed by atoms with Crippen LogP contribution in [0.4, 0.5) is 13.2 Å². The third-order valence-corrected chi connectivity index (χ3v) is 4.10. The van der Waals surface area contributed by atoms with Gasteiger partial charge in [0.2, 0.25) is 0 Å². The topological polar surface area (TPSA) is 60.2 Å². The molecule has 96 valence electrons. The van der Waals surface area contributed by atoms with Crippen LogP contribution < -0.4 is 5.73 Å². The molecule has 1 aromatic rings. The number of alkyl halides is 3. The van der Waals surface area contributed by atoms with Gasteiger partial charge >= 0.3 is 6.18 Å². The van der Waals surface area contributed by atoms with Crippen molar-refractivity contribution in [3.05, 3.63) is 30.3 Å². The summed E-state index contributed by atoms with van der Waals surface area (Å²) in [6.45, 7) is -0.741. The van der Waals surface area contributed by atoms with E-state index in [1.54, 1.807) is 6.07 Å². The molecule has 1 aromatic carbocycles. The first-order chi connectivity index (χ1) is 7.77. The molecule has 0 radical (unpaired) electrons. The van der Waals surface area contributed by atoms with Crippen molar-refractivity contribution in [2.45, 2.75) is 11.1 Å². The number of hydrogen-bond acceptors (Lipinski definition) is 3. The zero-order chi connectivity index (χ0) is 13.1. The van der Waals surface area contributed by atoms with Gasteiger partial charge in [-0.05, 0) is 12.1 Å². The fourth-order valence-electron chi connectivity index (χ4n) is 1.29. The highest BCUT2D eigenvalue weighted by atomic mass is 32.2. The number of rotatable bonds is 4. The molecule has 0 bridgehead atoms. The van der Waals surface area contributed by atoms with E-state index in [0.717, 1.165) is 0 Å². The van der Waals surface area contributed by atoms with Gasteiger partial charge in [-0.15, -0.1) is 0 Å². The predicted molar refractivity (Wildman–Crippen MR) is 57.1 cm³/mol. The molecule has 7 heteroatoms. The lowest BCUT2D eigenvalue weighted by Gasteiger charge is -2.18. The highest BCUT2D eigenvalue weighted by Crippen LogP contribution is 2.28. The highest BCUT2D eigenvalue weighted by molar-refractivity contribution is 7.91. The molecule has 0 heterocycles. The van der Waals surface area contributed by atoms with Crippen LogP contribution >= 0.6 is 0 Å². The summed E-state index contributed by atoms with van der Waals surface area (Å²) in [6.07, 6.45) is -4.60. The maximum atomic E-state index is 12.4. The van der Waals surface area contributed by atoms with Crippen molar-refractivity contribution < 1.29 is 21.6 Å². The van der Waals surface area contributed by atoms with Gasteiger partial charge in [0.25, 0.3) is 0 Å². The fraction of sp³-hybridized carbons (Fsp3) is 0.400. The van der Waals surface area contributed by atoms with Crippen molar-refractivity contribution >= 4 is 9.84 Å². The lowest BCUT2D eigenvalue weighted by Crippen LogP contribution is -2.35. The van der Waals surface area contributed by atoms with Crippen molar-refractivity contribution in [1.29, 1.82) is 0 Å². The second-order valence-corrected chi connectivity index (χ2v) is 5.60. The number of hydrogen-bond donors (Lipinski definition) is 1. The standard InChI is InChI=1S/C10H12F3NO2S/c11-10(12,13)8(6-14)7-17(15,16)9-4-2-1-3-5-9/h1-5,8H,6-7,14H2. The summed E-state index contributed by atoms with van der Waals surface area (Å²) in [7, 11) is -3.95. The van der Waals surface area contributed by atoms with E-state index in [1.807, 2.05) is 0 Å². The van der Waals surface area contributed by atoms with Gasteiger partial charge < -0.3 is 5.73 Å². The first-order valence-corrected chi connectivity index (χ1v) is 6.47. The Morgan fingerprint density at radius 1 is 1.18 bits per heavy atom. The zero-order valence-corrected chi connectivity index (χ0v) is 9.63. The molecule has 2 N–H and O–H groups in total. The van der Waals surface area contributed by atoms with E-state index in [-0.39, 0.29) is 4.90 Å². The Morgan fingerprint density at radius 3 is 2.12 bits per heavy atom. The molecule has 0 fully saturated rings. The van der Waals surface area contributed by atoms with E-state index in [4.69, 9.17) is 5.73 Å². The molecule has 3 nitrogen and oxygen atoms in total. The highest BCUT2D eigenvalue weighted by Gasteiger charge is 2.41. The smallest absolute Gasteiger partial charge is 0.330 e. The van der Waals surface area contributed by atoms with Crippen molar-refractivity contribution in [3.8, 4) is 0 Å². The average molecular weight is 267 g/mol. The minimum Gasteiger partial charge on any atom is -0.330 e. The summed E-state index contributed by atoms with van der Waals surface area (Å²) < 4.78 is 60.7. The molecule has 0 aliphatic rings. The summed E-state index contributed by atoms with van der Waals surface area (Å²) in [5, 5.41) is 0. The second-order valence-electron chi connectivity index (χ2n) is 3.57. The van der Waals surface area contributed by atoms with Crippen LogP contribution in [0.1, 0.15) is 0 Å². The lowest BCUT2D eigenvalue weighted by molar-refractivity contribution is -0.165. The molecule has 0 aliphatic heterocycles. The maximum Gasteiger partial charge on any atom is 0.394 e. The minimum atomic E-state index is -4.60. The van der Waals surface area contributed by atoms with Gasteiger partial charge in [0.1, 0.15) is 0 Å². The molecule has 0 amide bonds. The molecule has 17 heavy (non-hydrogen) atoms. The Labute approximate surface area is 97.4 Å². The number of halogens is 3. The van der Waals surface area contributed by atoms with Crippen LogP contribution in [-0.2, 0) is 9.84 Å². The summed E-state index contributed by atoms with van der Waals surface area (Å²) in [6, 6.07) is 7.03. The van der Waals surface area contributed by atoms with Crippen molar-refractivity contribution in [2.24, 2.45) is 11.7 Å². The van der Waals surface area contributed by atoms with E-state index in [1.165, 1.54) is 24.3 Å². The Kier molecular flexibility index (Phi) is 4.16. The predicted octanol–water partition coefficient (Wildman–Crippen LogP) is 1.60. The Hall–Kier alpha value is -1.08. The molecular formula is C10H12F3NO2S. The number of benzene rings is 1. The number of sulfone groups is 1. The molecule has 1 atom stereocenters. The molecule has 0 spiro atoms. The molecule has 0 saturated carbocycles. The molecule has 0 saturated heterocycles. The van der Waals surface area contributed by atoms with Crippen molar-refractivity contribution in [3.63, 3.8) is 0 Å². The average Bonchev–Trinajstić information content (AvgIpc) is 2.25. The molecule has 0 aromatic heterocycles. The van der Waals surface area contributed by atoms with E-state index in [9.17, 15) is 21.6 Å². The van der Waals surface area contributed by atoms with Crippen LogP contribution in [-0.4, -0.2) is 26.9 Å². The van der Waals surface area contributed by atoms with Crippen LogP contribution in [0.2, 0.25) is 0 Å². The van der Waals surface area contributed by atoms with E-state index in [2.05, 4.69) is 0 Å². The summed E-state index contributed by atoms with van der Waals surface area (Å²) in [5.41, 5.74) is 4.96. The number of nitrogens with two attached hydrogens (primary N) is 1. The third-order valence-electron chi connectivity index (χ3n) is 2.27.